The molecule has 136 valence electrons. The Kier molecular flexibility index (Phi) is 3.85. The summed E-state index contributed by atoms with van der Waals surface area (Å²) in [4.78, 5) is 11.6. The van der Waals surface area contributed by atoms with Crippen molar-refractivity contribution in [2.75, 3.05) is 11.5 Å². The topological polar surface area (TPSA) is 99.8 Å². The largest absolute Gasteiger partial charge is 0.454 e. The second-order valence-corrected chi connectivity index (χ2v) is 7.59. The molecule has 4 rings (SSSR count). The highest BCUT2D eigenvalue weighted by Crippen LogP contribution is 2.35. The molecule has 0 amide bonds. The number of hydrogen-bond acceptors (Lipinski definition) is 6. The molecule has 10 heteroatoms. The van der Waals surface area contributed by atoms with Gasteiger partial charge < -0.3 is 13.9 Å². The molecule has 0 aliphatic carbocycles. The van der Waals surface area contributed by atoms with Gasteiger partial charge in [-0.1, -0.05) is 11.6 Å². The maximum absolute atomic E-state index is 12.7. The lowest BCUT2D eigenvalue weighted by atomic mass is 10.3. The normalized spacial score (nSPS) is 13.3. The van der Waals surface area contributed by atoms with Crippen LogP contribution in [0, 0.1) is 0 Å². The molecule has 0 bridgehead atoms. The Bertz CT molecular complexity index is 1180. The van der Waals surface area contributed by atoms with Crippen LogP contribution in [0.1, 0.15) is 6.92 Å². The number of fused-ring (bicyclic) bond motifs is 2. The van der Waals surface area contributed by atoms with Gasteiger partial charge in [-0.2, -0.15) is 0 Å². The van der Waals surface area contributed by atoms with Crippen molar-refractivity contribution in [2.45, 2.75) is 18.4 Å². The number of nitrogens with zero attached hydrogens (tertiary/aromatic N) is 1. The molecule has 1 aliphatic rings. The van der Waals surface area contributed by atoms with Crippen LogP contribution in [-0.2, 0) is 16.6 Å². The van der Waals surface area contributed by atoms with Gasteiger partial charge in [0.05, 0.1) is 16.2 Å². The summed E-state index contributed by atoms with van der Waals surface area (Å²) in [5.41, 5.74) is 0.870. The number of rotatable bonds is 4. The van der Waals surface area contributed by atoms with E-state index in [4.69, 9.17) is 25.5 Å². The third-order valence-electron chi connectivity index (χ3n) is 3.95. The van der Waals surface area contributed by atoms with Gasteiger partial charge in [0.25, 0.3) is 10.0 Å². The fraction of sp³-hybridized carbons (Fsp3) is 0.188. The van der Waals surface area contributed by atoms with Crippen molar-refractivity contribution in [2.24, 2.45) is 0 Å². The summed E-state index contributed by atoms with van der Waals surface area (Å²) >= 11 is 6.17. The van der Waals surface area contributed by atoms with Crippen molar-refractivity contribution in [3.8, 4) is 11.5 Å². The first kappa shape index (κ1) is 16.8. The van der Waals surface area contributed by atoms with Gasteiger partial charge in [-0.3, -0.25) is 9.29 Å². The molecular weight excluding hydrogens is 384 g/mol. The summed E-state index contributed by atoms with van der Waals surface area (Å²) in [6.07, 6.45) is 0. The molecule has 0 spiro atoms. The maximum atomic E-state index is 12.7. The first-order valence-electron chi connectivity index (χ1n) is 7.64. The molecule has 0 atom stereocenters. The number of nitrogens with one attached hydrogen (secondary N) is 1. The van der Waals surface area contributed by atoms with Crippen molar-refractivity contribution >= 4 is 38.4 Å². The van der Waals surface area contributed by atoms with Crippen LogP contribution in [0.15, 0.2) is 44.4 Å². The van der Waals surface area contributed by atoms with E-state index in [9.17, 15) is 13.2 Å². The van der Waals surface area contributed by atoms with Gasteiger partial charge in [0.2, 0.25) is 6.79 Å². The molecule has 1 N–H and O–H groups in total. The third kappa shape index (κ3) is 2.69. The fourth-order valence-corrected chi connectivity index (χ4v) is 4.33. The maximum Gasteiger partial charge on any atom is 0.419 e. The van der Waals surface area contributed by atoms with Gasteiger partial charge in [0.1, 0.15) is 4.90 Å². The second-order valence-electron chi connectivity index (χ2n) is 5.54. The van der Waals surface area contributed by atoms with E-state index in [0.29, 0.717) is 23.6 Å². The van der Waals surface area contributed by atoms with Gasteiger partial charge in [0, 0.05) is 18.7 Å². The monoisotopic (exact) mass is 396 g/mol. The minimum Gasteiger partial charge on any atom is -0.454 e. The van der Waals surface area contributed by atoms with Crippen LogP contribution in [0.2, 0.25) is 5.02 Å². The highest BCUT2D eigenvalue weighted by Gasteiger charge is 2.23. The Morgan fingerprint density at radius 1 is 1.19 bits per heavy atom. The van der Waals surface area contributed by atoms with E-state index in [2.05, 4.69) is 4.72 Å². The van der Waals surface area contributed by atoms with E-state index in [1.165, 1.54) is 22.8 Å². The van der Waals surface area contributed by atoms with Crippen LogP contribution in [-0.4, -0.2) is 19.8 Å². The average molecular weight is 397 g/mol. The standard InChI is InChI=1S/C16H13ClN2O6S/c1-2-19-11-6-10(17)15(7-13(11)25-16(19)20)26(21,22)18-9-3-4-12-14(5-9)24-8-23-12/h3-7,18H,2,8H2,1H3. The smallest absolute Gasteiger partial charge is 0.419 e. The number of sulfonamides is 1. The third-order valence-corrected chi connectivity index (χ3v) is 5.80. The van der Waals surface area contributed by atoms with E-state index in [0.717, 1.165) is 0 Å². The highest BCUT2D eigenvalue weighted by atomic mass is 35.5. The Balaban J connectivity index is 1.76. The van der Waals surface area contributed by atoms with Crippen LogP contribution in [0.5, 0.6) is 11.5 Å². The van der Waals surface area contributed by atoms with Crippen LogP contribution >= 0.6 is 11.6 Å². The van der Waals surface area contributed by atoms with E-state index in [1.54, 1.807) is 19.1 Å². The summed E-state index contributed by atoms with van der Waals surface area (Å²) in [7, 11) is -4.01. The molecule has 8 nitrogen and oxygen atoms in total. The van der Waals surface area contributed by atoms with Crippen LogP contribution in [0.4, 0.5) is 5.69 Å². The van der Waals surface area contributed by atoms with Gasteiger partial charge >= 0.3 is 5.76 Å². The lowest BCUT2D eigenvalue weighted by Gasteiger charge is -2.10. The van der Waals surface area contributed by atoms with Gasteiger partial charge in [-0.25, -0.2) is 13.2 Å². The minimum absolute atomic E-state index is 0.0197. The number of ether oxygens (including phenoxy) is 2. The lowest BCUT2D eigenvalue weighted by molar-refractivity contribution is 0.174. The molecular formula is C16H13ClN2O6S. The Morgan fingerprint density at radius 2 is 1.96 bits per heavy atom. The van der Waals surface area contributed by atoms with E-state index in [1.807, 2.05) is 0 Å². The molecule has 2 heterocycles. The van der Waals surface area contributed by atoms with E-state index < -0.39 is 15.8 Å². The predicted molar refractivity (Wildman–Crippen MR) is 94.5 cm³/mol. The lowest BCUT2D eigenvalue weighted by Crippen LogP contribution is -2.14. The number of aromatic nitrogens is 1. The summed E-state index contributed by atoms with van der Waals surface area (Å²) in [5, 5.41) is -0.0197. The molecule has 3 aromatic rings. The number of aryl methyl sites for hydroxylation is 1. The number of halogens is 1. The summed E-state index contributed by atoms with van der Waals surface area (Å²) in [6, 6.07) is 7.30. The second kappa shape index (κ2) is 5.96. The minimum atomic E-state index is -4.01. The summed E-state index contributed by atoms with van der Waals surface area (Å²) < 4.78 is 44.8. The number of anilines is 1. The Labute approximate surface area is 152 Å². The number of benzene rings is 2. The fourth-order valence-electron chi connectivity index (χ4n) is 2.74. The molecule has 0 radical (unpaired) electrons. The molecule has 0 saturated heterocycles. The molecule has 26 heavy (non-hydrogen) atoms. The molecule has 1 aliphatic heterocycles. The number of hydrogen-bond donors (Lipinski definition) is 1. The highest BCUT2D eigenvalue weighted by molar-refractivity contribution is 7.92. The average Bonchev–Trinajstić information content (AvgIpc) is 3.16. The molecule has 0 saturated carbocycles. The van der Waals surface area contributed by atoms with Crippen molar-refractivity contribution in [1.82, 2.24) is 4.57 Å². The van der Waals surface area contributed by atoms with Gasteiger partial charge in [-0.05, 0) is 25.1 Å². The first-order chi connectivity index (χ1) is 12.4. The van der Waals surface area contributed by atoms with Crippen LogP contribution in [0.3, 0.4) is 0 Å². The molecule has 1 aromatic heterocycles. The van der Waals surface area contributed by atoms with Crippen molar-refractivity contribution in [3.05, 3.63) is 45.9 Å². The zero-order valence-corrected chi connectivity index (χ0v) is 15.1. The molecule has 0 unspecified atom stereocenters. The van der Waals surface area contributed by atoms with E-state index >= 15 is 0 Å². The Hall–Kier alpha value is -2.65. The van der Waals surface area contributed by atoms with Crippen LogP contribution in [0.25, 0.3) is 11.1 Å². The quantitative estimate of drug-likeness (QED) is 0.727. The van der Waals surface area contributed by atoms with Crippen LogP contribution < -0.4 is 20.0 Å². The number of oxazole rings is 1. The zero-order valence-electron chi connectivity index (χ0n) is 13.5. The Morgan fingerprint density at radius 3 is 2.73 bits per heavy atom. The zero-order chi connectivity index (χ0) is 18.5. The first-order valence-corrected chi connectivity index (χ1v) is 9.50. The summed E-state index contributed by atoms with van der Waals surface area (Å²) in [6.45, 7) is 2.24. The molecule has 0 fully saturated rings. The van der Waals surface area contributed by atoms with Gasteiger partial charge in [0.15, 0.2) is 17.1 Å². The molecule has 2 aromatic carbocycles. The predicted octanol–water partition coefficient (Wildman–Crippen LogP) is 2.80. The SMILES string of the molecule is CCn1c(=O)oc2cc(S(=O)(=O)Nc3ccc4c(c3)OCO4)c(Cl)cc21. The van der Waals surface area contributed by atoms with E-state index in [-0.39, 0.29) is 28.0 Å². The summed E-state index contributed by atoms with van der Waals surface area (Å²) in [5.74, 6) is 0.407. The van der Waals surface area contributed by atoms with Gasteiger partial charge in [-0.15, -0.1) is 0 Å². The van der Waals surface area contributed by atoms with Crippen molar-refractivity contribution < 1.29 is 22.3 Å². The van der Waals surface area contributed by atoms with Crippen molar-refractivity contribution in [1.29, 1.82) is 0 Å². The van der Waals surface area contributed by atoms with Crippen molar-refractivity contribution in [3.63, 3.8) is 0 Å².